The molecule has 0 aliphatic rings. The summed E-state index contributed by atoms with van der Waals surface area (Å²) < 4.78 is 1.67. The van der Waals surface area contributed by atoms with E-state index in [0.717, 1.165) is 5.69 Å². The maximum absolute atomic E-state index is 11.5. The van der Waals surface area contributed by atoms with E-state index in [-0.39, 0.29) is 17.0 Å². The number of hydrogen-bond donors (Lipinski definition) is 2. The highest BCUT2D eigenvalue weighted by molar-refractivity contribution is 5.57. The van der Waals surface area contributed by atoms with Gasteiger partial charge in [-0.05, 0) is 13.8 Å². The van der Waals surface area contributed by atoms with Crippen molar-refractivity contribution in [3.8, 4) is 17.3 Å². The molecule has 0 saturated carbocycles. The normalized spacial score (nSPS) is 10.7. The summed E-state index contributed by atoms with van der Waals surface area (Å²) in [5.41, 5.74) is 1.44. The predicted octanol–water partition coefficient (Wildman–Crippen LogP) is 0.493. The Bertz CT molecular complexity index is 597. The molecule has 0 fully saturated rings. The van der Waals surface area contributed by atoms with Crippen LogP contribution >= 0.6 is 0 Å². The first-order chi connectivity index (χ1) is 7.50. The second-order valence-electron chi connectivity index (χ2n) is 3.63. The van der Waals surface area contributed by atoms with Crippen molar-refractivity contribution in [2.75, 3.05) is 0 Å². The topological polar surface area (TPSA) is 83.8 Å². The summed E-state index contributed by atoms with van der Waals surface area (Å²) in [5, 5.41) is 13.5. The van der Waals surface area contributed by atoms with E-state index in [2.05, 4.69) is 15.1 Å². The first kappa shape index (κ1) is 10.4. The average molecular weight is 220 g/mol. The Kier molecular flexibility index (Phi) is 2.26. The van der Waals surface area contributed by atoms with Crippen LogP contribution in [0.1, 0.15) is 11.3 Å². The number of aryl methyl sites for hydroxylation is 1. The molecule has 2 rings (SSSR count). The molecular formula is C10H12N4O2. The van der Waals surface area contributed by atoms with Gasteiger partial charge in [0.05, 0.1) is 17.3 Å². The fraction of sp³-hybridized carbons (Fsp3) is 0.300. The Morgan fingerprint density at radius 2 is 2.12 bits per heavy atom. The lowest BCUT2D eigenvalue weighted by Crippen LogP contribution is -2.12. The van der Waals surface area contributed by atoms with Gasteiger partial charge in [0, 0.05) is 12.7 Å². The number of aromatic nitrogens is 4. The van der Waals surface area contributed by atoms with Crippen molar-refractivity contribution < 1.29 is 5.11 Å². The molecule has 16 heavy (non-hydrogen) atoms. The minimum Gasteiger partial charge on any atom is -0.493 e. The molecule has 0 saturated heterocycles. The highest BCUT2D eigenvalue weighted by Crippen LogP contribution is 2.19. The molecule has 0 aromatic carbocycles. The van der Waals surface area contributed by atoms with Crippen LogP contribution < -0.4 is 5.56 Å². The van der Waals surface area contributed by atoms with E-state index in [1.54, 1.807) is 17.9 Å². The summed E-state index contributed by atoms with van der Waals surface area (Å²) in [6.07, 6.45) is 1.60. The van der Waals surface area contributed by atoms with E-state index in [0.29, 0.717) is 11.4 Å². The highest BCUT2D eigenvalue weighted by Gasteiger charge is 2.12. The van der Waals surface area contributed by atoms with Gasteiger partial charge in [-0.15, -0.1) is 0 Å². The van der Waals surface area contributed by atoms with Gasteiger partial charge in [0.25, 0.3) is 5.56 Å². The molecule has 6 heteroatoms. The van der Waals surface area contributed by atoms with Crippen molar-refractivity contribution in [2.24, 2.45) is 7.05 Å². The summed E-state index contributed by atoms with van der Waals surface area (Å²) in [6.45, 7) is 3.38. The molecule has 0 radical (unpaired) electrons. The van der Waals surface area contributed by atoms with E-state index in [9.17, 15) is 9.90 Å². The molecule has 6 nitrogen and oxygen atoms in total. The molecule has 0 aliphatic heterocycles. The van der Waals surface area contributed by atoms with Crippen LogP contribution in [0.3, 0.4) is 0 Å². The number of nitrogens with zero attached hydrogens (tertiary/aromatic N) is 3. The van der Waals surface area contributed by atoms with Crippen molar-refractivity contribution >= 4 is 0 Å². The summed E-state index contributed by atoms with van der Waals surface area (Å²) in [7, 11) is 1.80. The molecule has 0 aliphatic carbocycles. The quantitative estimate of drug-likeness (QED) is 0.732. The number of aromatic amines is 1. The molecule has 0 atom stereocenters. The van der Waals surface area contributed by atoms with Gasteiger partial charge in [-0.2, -0.15) is 10.1 Å². The number of H-pyrrole nitrogens is 1. The average Bonchev–Trinajstić information content (AvgIpc) is 2.56. The monoisotopic (exact) mass is 220 g/mol. The molecule has 2 heterocycles. The van der Waals surface area contributed by atoms with Crippen molar-refractivity contribution in [2.45, 2.75) is 13.8 Å². The Morgan fingerprint density at radius 1 is 1.44 bits per heavy atom. The maximum Gasteiger partial charge on any atom is 0.257 e. The molecule has 2 aromatic heterocycles. The van der Waals surface area contributed by atoms with Crippen LogP contribution in [0.25, 0.3) is 11.4 Å². The molecule has 0 spiro atoms. The largest absolute Gasteiger partial charge is 0.493 e. The van der Waals surface area contributed by atoms with E-state index in [4.69, 9.17) is 0 Å². The summed E-state index contributed by atoms with van der Waals surface area (Å²) in [6, 6.07) is 0. The van der Waals surface area contributed by atoms with Crippen molar-refractivity contribution in [1.82, 2.24) is 19.7 Å². The van der Waals surface area contributed by atoms with Crippen LogP contribution in [0.4, 0.5) is 0 Å². The second-order valence-corrected chi connectivity index (χ2v) is 3.63. The van der Waals surface area contributed by atoms with Gasteiger partial charge in [-0.3, -0.25) is 9.48 Å². The summed E-state index contributed by atoms with van der Waals surface area (Å²) >= 11 is 0. The molecule has 0 unspecified atom stereocenters. The molecule has 84 valence electrons. The van der Waals surface area contributed by atoms with Crippen LogP contribution in [0.5, 0.6) is 5.88 Å². The summed E-state index contributed by atoms with van der Waals surface area (Å²) in [4.78, 5) is 18.0. The number of rotatable bonds is 1. The van der Waals surface area contributed by atoms with Crippen LogP contribution in [0, 0.1) is 13.8 Å². The van der Waals surface area contributed by atoms with E-state index in [1.165, 1.54) is 6.92 Å². The lowest BCUT2D eigenvalue weighted by Gasteiger charge is -2.02. The van der Waals surface area contributed by atoms with Crippen LogP contribution in [0.15, 0.2) is 11.0 Å². The van der Waals surface area contributed by atoms with Crippen molar-refractivity contribution in [1.29, 1.82) is 0 Å². The van der Waals surface area contributed by atoms with Crippen LogP contribution in [-0.4, -0.2) is 24.9 Å². The van der Waals surface area contributed by atoms with Gasteiger partial charge in [-0.1, -0.05) is 0 Å². The molecule has 2 aromatic rings. The van der Waals surface area contributed by atoms with Crippen molar-refractivity contribution in [3.05, 3.63) is 27.8 Å². The lowest BCUT2D eigenvalue weighted by atomic mass is 10.2. The third-order valence-corrected chi connectivity index (χ3v) is 2.62. The van der Waals surface area contributed by atoms with E-state index in [1.807, 2.05) is 6.92 Å². The standard InChI is InChI=1S/C10H12N4O2/c1-5-9(15)12-8(13-10(5)16)7-4-11-14(3)6(7)2/h4H,1-3H3,(H2,12,13,15,16). The highest BCUT2D eigenvalue weighted by atomic mass is 16.3. The third-order valence-electron chi connectivity index (χ3n) is 2.62. The molecular weight excluding hydrogens is 208 g/mol. The van der Waals surface area contributed by atoms with Crippen LogP contribution in [-0.2, 0) is 7.05 Å². The number of hydrogen-bond acceptors (Lipinski definition) is 4. The van der Waals surface area contributed by atoms with Crippen molar-refractivity contribution in [3.63, 3.8) is 0 Å². The Morgan fingerprint density at radius 3 is 2.62 bits per heavy atom. The number of nitrogens with one attached hydrogen (secondary N) is 1. The SMILES string of the molecule is Cc1c(O)nc(-c2cnn(C)c2C)[nH]c1=O. The van der Waals surface area contributed by atoms with E-state index < -0.39 is 0 Å². The number of aromatic hydroxyl groups is 1. The minimum absolute atomic E-state index is 0.213. The Balaban J connectivity index is 2.66. The molecule has 0 amide bonds. The Hall–Kier alpha value is -2.11. The van der Waals surface area contributed by atoms with Gasteiger partial charge in [0.1, 0.15) is 5.82 Å². The summed E-state index contributed by atoms with van der Waals surface area (Å²) in [5.74, 6) is 0.0840. The Labute approximate surface area is 91.6 Å². The minimum atomic E-state index is -0.342. The fourth-order valence-corrected chi connectivity index (χ4v) is 1.38. The zero-order chi connectivity index (χ0) is 11.9. The zero-order valence-electron chi connectivity index (χ0n) is 9.27. The van der Waals surface area contributed by atoms with Gasteiger partial charge in [0.15, 0.2) is 0 Å². The lowest BCUT2D eigenvalue weighted by molar-refractivity contribution is 0.447. The van der Waals surface area contributed by atoms with Gasteiger partial charge in [-0.25, -0.2) is 0 Å². The molecule has 0 bridgehead atoms. The fourth-order valence-electron chi connectivity index (χ4n) is 1.38. The van der Waals surface area contributed by atoms with Gasteiger partial charge < -0.3 is 10.1 Å². The zero-order valence-corrected chi connectivity index (χ0v) is 9.27. The van der Waals surface area contributed by atoms with Crippen LogP contribution in [0.2, 0.25) is 0 Å². The van der Waals surface area contributed by atoms with Gasteiger partial charge in [0.2, 0.25) is 5.88 Å². The maximum atomic E-state index is 11.5. The van der Waals surface area contributed by atoms with E-state index >= 15 is 0 Å². The first-order valence-electron chi connectivity index (χ1n) is 4.79. The van der Waals surface area contributed by atoms with Gasteiger partial charge >= 0.3 is 0 Å². The second kappa shape index (κ2) is 3.48. The first-order valence-corrected chi connectivity index (χ1v) is 4.79. The predicted molar refractivity (Wildman–Crippen MR) is 58.2 cm³/mol. The molecule has 2 N–H and O–H groups in total. The smallest absolute Gasteiger partial charge is 0.257 e. The third kappa shape index (κ3) is 1.48.